The first kappa shape index (κ1) is 9.28. The van der Waals surface area contributed by atoms with Crippen LogP contribution in [0.25, 0.3) is 0 Å². The summed E-state index contributed by atoms with van der Waals surface area (Å²) >= 11 is 0. The van der Waals surface area contributed by atoms with E-state index in [1.807, 2.05) is 6.07 Å². The molecule has 0 fully saturated rings. The zero-order chi connectivity index (χ0) is 9.97. The van der Waals surface area contributed by atoms with Gasteiger partial charge in [-0.25, -0.2) is 0 Å². The molecule has 0 aliphatic carbocycles. The first-order valence-corrected chi connectivity index (χ1v) is 4.98. The minimum atomic E-state index is 0.883. The zero-order valence-corrected chi connectivity index (χ0v) is 8.53. The van der Waals surface area contributed by atoms with Crippen molar-refractivity contribution < 1.29 is 0 Å². The van der Waals surface area contributed by atoms with Crippen molar-refractivity contribution in [3.05, 3.63) is 41.5 Å². The van der Waals surface area contributed by atoms with E-state index in [9.17, 15) is 0 Å². The molecule has 2 rings (SSSR count). The molecule has 2 N–H and O–H groups in total. The minimum Gasteiger partial charge on any atom is -0.399 e. The molecule has 14 heavy (non-hydrogen) atoms. The van der Waals surface area contributed by atoms with Crippen molar-refractivity contribution in [1.29, 1.82) is 0 Å². The average Bonchev–Trinajstić information content (AvgIpc) is 2.64. The van der Waals surface area contributed by atoms with Crippen molar-refractivity contribution >= 4 is 5.69 Å². The first-order chi connectivity index (χ1) is 6.75. The number of hydrogen-bond donors (Lipinski definition) is 1. The SMILES string of the molecule is Cc1cc(CN2CC=CC2)ccc1N. The highest BCUT2D eigenvalue weighted by Crippen LogP contribution is 2.15. The Labute approximate surface area is 85.0 Å². The number of hydrogen-bond acceptors (Lipinski definition) is 2. The van der Waals surface area contributed by atoms with Gasteiger partial charge in [0.05, 0.1) is 0 Å². The van der Waals surface area contributed by atoms with Gasteiger partial charge in [-0.2, -0.15) is 0 Å². The topological polar surface area (TPSA) is 29.3 Å². The van der Waals surface area contributed by atoms with Gasteiger partial charge in [-0.3, -0.25) is 4.90 Å². The lowest BCUT2D eigenvalue weighted by Crippen LogP contribution is -2.19. The van der Waals surface area contributed by atoms with Crippen LogP contribution in [0.1, 0.15) is 11.1 Å². The summed E-state index contributed by atoms with van der Waals surface area (Å²) in [5.41, 5.74) is 9.18. The van der Waals surface area contributed by atoms with Gasteiger partial charge in [0.15, 0.2) is 0 Å². The molecule has 1 aliphatic heterocycles. The van der Waals surface area contributed by atoms with Crippen molar-refractivity contribution in [2.24, 2.45) is 0 Å². The van der Waals surface area contributed by atoms with Crippen LogP contribution in [0.5, 0.6) is 0 Å². The lowest BCUT2D eigenvalue weighted by molar-refractivity contribution is 0.345. The van der Waals surface area contributed by atoms with Gasteiger partial charge in [-0.1, -0.05) is 24.3 Å². The van der Waals surface area contributed by atoms with Crippen LogP contribution in [0, 0.1) is 6.92 Å². The number of rotatable bonds is 2. The second-order valence-electron chi connectivity index (χ2n) is 3.86. The molecule has 74 valence electrons. The third kappa shape index (κ3) is 1.96. The number of benzene rings is 1. The molecule has 0 aromatic heterocycles. The van der Waals surface area contributed by atoms with Crippen LogP contribution in [-0.2, 0) is 6.54 Å². The maximum Gasteiger partial charge on any atom is 0.0343 e. The molecule has 0 atom stereocenters. The highest BCUT2D eigenvalue weighted by molar-refractivity contribution is 5.47. The second kappa shape index (κ2) is 3.84. The monoisotopic (exact) mass is 188 g/mol. The molecule has 0 amide bonds. The Bertz CT molecular complexity index is 347. The molecule has 0 unspecified atom stereocenters. The summed E-state index contributed by atoms with van der Waals surface area (Å²) in [6, 6.07) is 6.28. The van der Waals surface area contributed by atoms with Crippen LogP contribution in [0.15, 0.2) is 30.4 Å². The van der Waals surface area contributed by atoms with Gasteiger partial charge in [-0.15, -0.1) is 0 Å². The van der Waals surface area contributed by atoms with Crippen molar-refractivity contribution in [1.82, 2.24) is 4.90 Å². The van der Waals surface area contributed by atoms with Gasteiger partial charge in [-0.05, 0) is 24.1 Å². The molecular formula is C12H16N2. The standard InChI is InChI=1S/C12H16N2/c1-10-8-11(4-5-12(10)13)9-14-6-2-3-7-14/h2-5,8H,6-7,9,13H2,1H3. The van der Waals surface area contributed by atoms with Gasteiger partial charge in [0.25, 0.3) is 0 Å². The summed E-state index contributed by atoms with van der Waals surface area (Å²) in [7, 11) is 0. The van der Waals surface area contributed by atoms with E-state index >= 15 is 0 Å². The molecule has 2 nitrogen and oxygen atoms in total. The van der Waals surface area contributed by atoms with Crippen LogP contribution in [0.2, 0.25) is 0 Å². The van der Waals surface area contributed by atoms with E-state index in [0.29, 0.717) is 0 Å². The quantitative estimate of drug-likeness (QED) is 0.567. The molecule has 0 spiro atoms. The molecule has 0 radical (unpaired) electrons. The van der Waals surface area contributed by atoms with Crippen LogP contribution in [0.3, 0.4) is 0 Å². The van der Waals surface area contributed by atoms with Crippen LogP contribution in [0.4, 0.5) is 5.69 Å². The fourth-order valence-electron chi connectivity index (χ4n) is 1.75. The van der Waals surface area contributed by atoms with E-state index in [-0.39, 0.29) is 0 Å². The van der Waals surface area contributed by atoms with E-state index in [2.05, 4.69) is 36.1 Å². The molecular weight excluding hydrogens is 172 g/mol. The summed E-state index contributed by atoms with van der Waals surface area (Å²) in [6.07, 6.45) is 4.42. The Balaban J connectivity index is 2.06. The summed E-state index contributed by atoms with van der Waals surface area (Å²) in [6.45, 7) is 5.22. The fraction of sp³-hybridized carbons (Fsp3) is 0.333. The maximum atomic E-state index is 5.77. The predicted molar refractivity (Wildman–Crippen MR) is 60.0 cm³/mol. The Morgan fingerprint density at radius 3 is 2.64 bits per heavy atom. The minimum absolute atomic E-state index is 0.883. The number of anilines is 1. The highest BCUT2D eigenvalue weighted by Gasteiger charge is 2.07. The van der Waals surface area contributed by atoms with Crippen LogP contribution < -0.4 is 5.73 Å². The largest absolute Gasteiger partial charge is 0.399 e. The van der Waals surface area contributed by atoms with Crippen molar-refractivity contribution in [3.8, 4) is 0 Å². The smallest absolute Gasteiger partial charge is 0.0343 e. The fourth-order valence-corrected chi connectivity index (χ4v) is 1.75. The molecule has 0 saturated heterocycles. The highest BCUT2D eigenvalue weighted by atomic mass is 15.1. The normalized spacial score (nSPS) is 16.4. The number of nitrogens with zero attached hydrogens (tertiary/aromatic N) is 1. The summed E-state index contributed by atoms with van der Waals surface area (Å²) < 4.78 is 0. The van der Waals surface area contributed by atoms with Gasteiger partial charge in [0.1, 0.15) is 0 Å². The molecule has 1 aliphatic rings. The summed E-state index contributed by atoms with van der Waals surface area (Å²) in [5.74, 6) is 0. The van der Waals surface area contributed by atoms with E-state index < -0.39 is 0 Å². The van der Waals surface area contributed by atoms with E-state index in [1.54, 1.807) is 0 Å². The van der Waals surface area contributed by atoms with Crippen molar-refractivity contribution in [2.45, 2.75) is 13.5 Å². The molecule has 1 aromatic carbocycles. The predicted octanol–water partition coefficient (Wildman–Crippen LogP) is 1.95. The van der Waals surface area contributed by atoms with Gasteiger partial charge >= 0.3 is 0 Å². The van der Waals surface area contributed by atoms with E-state index in [1.165, 1.54) is 11.1 Å². The maximum absolute atomic E-state index is 5.77. The summed E-state index contributed by atoms with van der Waals surface area (Å²) in [5, 5.41) is 0. The zero-order valence-electron chi connectivity index (χ0n) is 8.53. The van der Waals surface area contributed by atoms with E-state index in [0.717, 1.165) is 25.3 Å². The number of nitrogens with two attached hydrogens (primary N) is 1. The third-order valence-corrected chi connectivity index (χ3v) is 2.63. The number of nitrogen functional groups attached to an aromatic ring is 1. The number of aryl methyl sites for hydroxylation is 1. The van der Waals surface area contributed by atoms with Crippen LogP contribution in [-0.4, -0.2) is 18.0 Å². The van der Waals surface area contributed by atoms with E-state index in [4.69, 9.17) is 5.73 Å². The van der Waals surface area contributed by atoms with Crippen molar-refractivity contribution in [2.75, 3.05) is 18.8 Å². The lowest BCUT2D eigenvalue weighted by atomic mass is 10.1. The van der Waals surface area contributed by atoms with Gasteiger partial charge < -0.3 is 5.73 Å². The Kier molecular flexibility index (Phi) is 2.55. The third-order valence-electron chi connectivity index (χ3n) is 2.63. The second-order valence-corrected chi connectivity index (χ2v) is 3.86. The Morgan fingerprint density at radius 1 is 1.29 bits per heavy atom. The first-order valence-electron chi connectivity index (χ1n) is 4.98. The lowest BCUT2D eigenvalue weighted by Gasteiger charge is -2.15. The average molecular weight is 188 g/mol. The molecule has 1 heterocycles. The van der Waals surface area contributed by atoms with Crippen LogP contribution >= 0.6 is 0 Å². The Hall–Kier alpha value is -1.28. The molecule has 0 saturated carbocycles. The van der Waals surface area contributed by atoms with Crippen molar-refractivity contribution in [3.63, 3.8) is 0 Å². The summed E-state index contributed by atoms with van der Waals surface area (Å²) in [4.78, 5) is 2.39. The molecule has 2 heteroatoms. The molecule has 1 aromatic rings. The van der Waals surface area contributed by atoms with Gasteiger partial charge in [0.2, 0.25) is 0 Å². The van der Waals surface area contributed by atoms with Gasteiger partial charge in [0, 0.05) is 25.3 Å². The Morgan fingerprint density at radius 2 is 2.00 bits per heavy atom. The molecule has 0 bridgehead atoms.